The highest BCUT2D eigenvalue weighted by atomic mass is 19.1. The van der Waals surface area contributed by atoms with E-state index in [0.717, 1.165) is 11.8 Å². The van der Waals surface area contributed by atoms with Gasteiger partial charge in [0.15, 0.2) is 0 Å². The van der Waals surface area contributed by atoms with Crippen molar-refractivity contribution in [2.45, 2.75) is 192 Å². The first-order valence-corrected chi connectivity index (χ1v) is 38.3. The number of benzene rings is 14. The molecule has 564 valence electrons. The lowest BCUT2D eigenvalue weighted by atomic mass is 9.84. The van der Waals surface area contributed by atoms with Crippen LogP contribution in [0.2, 0.25) is 0 Å². The Kier molecular flexibility index (Phi) is 33.8. The van der Waals surface area contributed by atoms with Gasteiger partial charge in [0.25, 0.3) is 0 Å². The molecule has 0 amide bonds. The topological polar surface area (TPSA) is 0 Å². The fraction of sp³-hybridized carbons (Fsp3) is 0.288. The van der Waals surface area contributed by atoms with E-state index in [9.17, 15) is 17.6 Å². The second kappa shape index (κ2) is 42.0. The van der Waals surface area contributed by atoms with Gasteiger partial charge >= 0.3 is 0 Å². The van der Waals surface area contributed by atoms with Gasteiger partial charge < -0.3 is 0 Å². The molecule has 0 nitrogen and oxygen atoms in total. The average molecular weight is 1450 g/mol. The lowest BCUT2D eigenvalue weighted by Crippen LogP contribution is -2.08. The summed E-state index contributed by atoms with van der Waals surface area (Å²) in [5.41, 5.74) is 26.1. The molecule has 0 atom stereocenters. The number of halogens is 4. The van der Waals surface area contributed by atoms with Gasteiger partial charge in [0.1, 0.15) is 23.3 Å². The van der Waals surface area contributed by atoms with E-state index in [0.29, 0.717) is 11.1 Å². The van der Waals surface area contributed by atoms with E-state index in [-0.39, 0.29) is 11.1 Å². The highest BCUT2D eigenvalue weighted by Crippen LogP contribution is 2.33. The number of aryl methyl sites for hydroxylation is 18. The first kappa shape index (κ1) is 87.0. The summed E-state index contributed by atoms with van der Waals surface area (Å²) in [6, 6.07) is 78.9. The van der Waals surface area contributed by atoms with Crippen LogP contribution in [0.25, 0.3) is 53.9 Å². The van der Waals surface area contributed by atoms with Crippen molar-refractivity contribution in [2.24, 2.45) is 11.8 Å². The lowest BCUT2D eigenvalue weighted by molar-refractivity contribution is 0.308. The SMILES string of the molecule is CC1CCC(C)CC1.Cc1c2ccccc2c(C)c2ccccc12.Cc1cc(F)c(C)c(F)c1.Cc1cc(F)c(C)c(F)c1.Cc1ccc(C)c(C)c1.Cc1ccc(C)c(C)c1.Cc1ccc(C)c(C)c1C.Cc1ccc(C)c2cc3ccccc3cc12.Cc1ccc(C)c2ccccc12.Cc1ccc(C)cc1. The fourth-order valence-electron chi connectivity index (χ4n) is 13.0. The summed E-state index contributed by atoms with van der Waals surface area (Å²) in [5.74, 6) is 0.141. The molecule has 15 rings (SSSR count). The third-order valence-electron chi connectivity index (χ3n) is 21.2. The zero-order valence-corrected chi connectivity index (χ0v) is 69.4. The van der Waals surface area contributed by atoms with Crippen molar-refractivity contribution in [3.8, 4) is 0 Å². The van der Waals surface area contributed by atoms with Crippen LogP contribution in [0, 0.1) is 187 Å². The molecule has 0 aromatic heterocycles. The number of hydrogen-bond acceptors (Lipinski definition) is 0. The number of rotatable bonds is 0. The second-order valence-electron chi connectivity index (χ2n) is 30.4. The van der Waals surface area contributed by atoms with E-state index >= 15 is 0 Å². The molecule has 0 N–H and O–H groups in total. The molecule has 0 aliphatic heterocycles. The Labute approximate surface area is 647 Å². The Morgan fingerprint density at radius 1 is 0.185 bits per heavy atom. The molecule has 0 heterocycles. The Morgan fingerprint density at radius 2 is 0.417 bits per heavy atom. The van der Waals surface area contributed by atoms with Crippen LogP contribution in [0.1, 0.15) is 162 Å². The molecule has 4 heteroatoms. The van der Waals surface area contributed by atoms with Crippen molar-refractivity contribution >= 4 is 53.9 Å². The van der Waals surface area contributed by atoms with Crippen molar-refractivity contribution < 1.29 is 17.6 Å². The Bertz CT molecular complexity index is 4820. The van der Waals surface area contributed by atoms with Crippen LogP contribution in [-0.4, -0.2) is 0 Å². The van der Waals surface area contributed by atoms with Gasteiger partial charge in [-0.1, -0.05) is 256 Å². The Hall–Kier alpha value is -9.90. The maximum atomic E-state index is 12.6. The maximum absolute atomic E-state index is 12.6. The summed E-state index contributed by atoms with van der Waals surface area (Å²) in [6.07, 6.45) is 5.89. The molecule has 1 fully saturated rings. The van der Waals surface area contributed by atoms with Crippen molar-refractivity contribution in [3.63, 3.8) is 0 Å². The average Bonchev–Trinajstić information content (AvgIpc) is 0.771. The highest BCUT2D eigenvalue weighted by Gasteiger charge is 2.14. The minimum absolute atomic E-state index is 0.0885. The van der Waals surface area contributed by atoms with Gasteiger partial charge in [-0.05, 0) is 343 Å². The first-order chi connectivity index (χ1) is 51.1. The normalized spacial score (nSPS) is 12.5. The minimum Gasteiger partial charge on any atom is -0.207 e. The molecule has 14 aromatic carbocycles. The predicted octanol–water partition coefficient (Wildman–Crippen LogP) is 31.1. The van der Waals surface area contributed by atoms with Gasteiger partial charge in [-0.3, -0.25) is 0 Å². The molecular weight excluding hydrogens is 1330 g/mol. The van der Waals surface area contributed by atoms with Gasteiger partial charge in [-0.2, -0.15) is 0 Å². The standard InChI is InChI=1S/2C16H14.C12H12.C10H14.2C9H12.2C8H8F2.C8H16.C8H10/c1-11-13-7-3-5-9-15(13)12(2)16-10-6-4-8-14(11)16;1-11-7-8-12(2)16-10-14-6-4-3-5-13(14)9-15(11)16;1-9-7-8-10(2)12-6-4-3-5-11(9)12;1-7-5-6-8(2)10(4)9(7)3;2*1-7-4-5-8(2)9(3)6-7;2*1-5-3-7(9)6(2)8(10)4-5;2*1-7-3-5-8(2)6-4-7/h2*3-10H,1-2H3;3-8H,1-2H3;5-6H,1-4H3;2*4-6H,1-3H3;2*3-4H,1-2H3;7-8H,3-6H2,1-2H3;3-6H,1-2H3. The van der Waals surface area contributed by atoms with E-state index in [1.165, 1.54) is 218 Å². The summed E-state index contributed by atoms with van der Waals surface area (Å²) < 4.78 is 50.4. The monoisotopic (exact) mass is 1440 g/mol. The zero-order valence-electron chi connectivity index (χ0n) is 69.4. The smallest absolute Gasteiger partial charge is 0.129 e. The third kappa shape index (κ3) is 25.9. The largest absolute Gasteiger partial charge is 0.207 e. The summed E-state index contributed by atoms with van der Waals surface area (Å²) in [4.78, 5) is 0. The second-order valence-corrected chi connectivity index (χ2v) is 30.4. The van der Waals surface area contributed by atoms with Crippen molar-refractivity contribution in [3.05, 3.63) is 376 Å². The summed E-state index contributed by atoms with van der Waals surface area (Å²) in [6.45, 7) is 49.6. The van der Waals surface area contributed by atoms with Crippen molar-refractivity contribution in [1.82, 2.24) is 0 Å². The van der Waals surface area contributed by atoms with Crippen molar-refractivity contribution in [1.29, 1.82) is 0 Å². The van der Waals surface area contributed by atoms with E-state index in [2.05, 4.69) is 345 Å². The predicted molar refractivity (Wildman–Crippen MR) is 466 cm³/mol. The molecule has 108 heavy (non-hydrogen) atoms. The molecule has 0 radical (unpaired) electrons. The van der Waals surface area contributed by atoms with Crippen LogP contribution in [0.4, 0.5) is 17.6 Å². The molecular formula is C104H120F4. The molecule has 1 aliphatic rings. The van der Waals surface area contributed by atoms with Crippen LogP contribution in [0.5, 0.6) is 0 Å². The van der Waals surface area contributed by atoms with Crippen LogP contribution >= 0.6 is 0 Å². The molecule has 0 bridgehead atoms. The summed E-state index contributed by atoms with van der Waals surface area (Å²) in [5, 5.41) is 13.6. The van der Waals surface area contributed by atoms with E-state index < -0.39 is 23.3 Å². The summed E-state index contributed by atoms with van der Waals surface area (Å²) in [7, 11) is 0. The lowest BCUT2D eigenvalue weighted by Gasteiger charge is -2.22. The van der Waals surface area contributed by atoms with Gasteiger partial charge in [-0.15, -0.1) is 0 Å². The molecule has 0 saturated heterocycles. The molecule has 1 aliphatic carbocycles. The molecule has 0 spiro atoms. The quantitative estimate of drug-likeness (QED) is 0.105. The van der Waals surface area contributed by atoms with Gasteiger partial charge in [0.05, 0.1) is 0 Å². The molecule has 0 unspecified atom stereocenters. The summed E-state index contributed by atoms with van der Waals surface area (Å²) >= 11 is 0. The Balaban J connectivity index is 0.000000190. The van der Waals surface area contributed by atoms with Crippen LogP contribution in [-0.2, 0) is 0 Å². The van der Waals surface area contributed by atoms with Crippen LogP contribution in [0.3, 0.4) is 0 Å². The third-order valence-corrected chi connectivity index (χ3v) is 21.2. The Morgan fingerprint density at radius 3 is 0.685 bits per heavy atom. The van der Waals surface area contributed by atoms with Crippen LogP contribution < -0.4 is 0 Å². The van der Waals surface area contributed by atoms with Gasteiger partial charge in [0.2, 0.25) is 0 Å². The van der Waals surface area contributed by atoms with Gasteiger partial charge in [0, 0.05) is 11.1 Å². The zero-order chi connectivity index (χ0) is 79.6. The molecule has 1 saturated carbocycles. The van der Waals surface area contributed by atoms with E-state index in [4.69, 9.17) is 0 Å². The van der Waals surface area contributed by atoms with Gasteiger partial charge in [-0.25, -0.2) is 17.6 Å². The van der Waals surface area contributed by atoms with E-state index in [1.807, 2.05) is 0 Å². The number of hydrogen-bond donors (Lipinski definition) is 0. The number of fused-ring (bicyclic) bond motifs is 5. The van der Waals surface area contributed by atoms with E-state index in [1.54, 1.807) is 13.8 Å². The minimum atomic E-state index is -0.475. The van der Waals surface area contributed by atoms with Crippen molar-refractivity contribution in [2.75, 3.05) is 0 Å². The highest BCUT2D eigenvalue weighted by molar-refractivity contribution is 6.05. The first-order valence-electron chi connectivity index (χ1n) is 38.3. The molecule has 14 aromatic rings. The van der Waals surface area contributed by atoms with Crippen LogP contribution in [0.15, 0.2) is 231 Å². The fourth-order valence-corrected chi connectivity index (χ4v) is 13.0. The maximum Gasteiger partial charge on any atom is 0.129 e.